The Morgan fingerprint density at radius 2 is 2.03 bits per heavy atom. The predicted molar refractivity (Wildman–Crippen MR) is 132 cm³/mol. The number of sulfonamides is 1. The van der Waals surface area contributed by atoms with E-state index < -0.39 is 22.2 Å². The molecule has 3 rings (SSSR count). The maximum absolute atomic E-state index is 13.5. The Labute approximate surface area is 204 Å². The molecule has 0 unspecified atom stereocenters. The first-order valence-electron chi connectivity index (χ1n) is 12.3. The van der Waals surface area contributed by atoms with Crippen molar-refractivity contribution in [1.82, 2.24) is 9.21 Å². The van der Waals surface area contributed by atoms with E-state index in [1.54, 1.807) is 37.1 Å². The minimum atomic E-state index is -3.89. The second-order valence-electron chi connectivity index (χ2n) is 9.69. The van der Waals surface area contributed by atoms with Crippen LogP contribution in [0.15, 0.2) is 23.1 Å². The molecule has 1 N–H and O–H groups in total. The maximum Gasteiger partial charge on any atom is 0.247 e. The van der Waals surface area contributed by atoms with Gasteiger partial charge in [-0.25, -0.2) is 8.42 Å². The van der Waals surface area contributed by atoms with Crippen LogP contribution in [0.1, 0.15) is 64.9 Å². The lowest BCUT2D eigenvalue weighted by Gasteiger charge is -2.37. The second-order valence-corrected chi connectivity index (χ2v) is 11.5. The summed E-state index contributed by atoms with van der Waals surface area (Å²) in [4.78, 5) is 13.9. The number of carbonyl (C=O) groups is 1. The number of hydrogen-bond donors (Lipinski definition) is 1. The van der Waals surface area contributed by atoms with Gasteiger partial charge in [0.2, 0.25) is 15.9 Å². The zero-order valence-corrected chi connectivity index (χ0v) is 21.6. The first-order chi connectivity index (χ1) is 16.2. The summed E-state index contributed by atoms with van der Waals surface area (Å²) >= 11 is 0. The molecule has 8 heteroatoms. The molecule has 34 heavy (non-hydrogen) atoms. The van der Waals surface area contributed by atoms with E-state index >= 15 is 0 Å². The molecule has 0 bridgehead atoms. The summed E-state index contributed by atoms with van der Waals surface area (Å²) in [5.41, 5.74) is 0.707. The van der Waals surface area contributed by atoms with E-state index in [0.29, 0.717) is 24.4 Å². The highest BCUT2D eigenvalue weighted by atomic mass is 32.2. The van der Waals surface area contributed by atoms with Crippen LogP contribution in [-0.4, -0.2) is 67.5 Å². The van der Waals surface area contributed by atoms with Crippen LogP contribution in [-0.2, 0) is 14.8 Å². The van der Waals surface area contributed by atoms with Gasteiger partial charge in [0.25, 0.3) is 0 Å². The molecule has 1 aliphatic heterocycles. The normalized spacial score (nSPS) is 23.6. The highest BCUT2D eigenvalue weighted by Crippen LogP contribution is 2.34. The van der Waals surface area contributed by atoms with Crippen LogP contribution in [0.25, 0.3) is 0 Å². The van der Waals surface area contributed by atoms with Gasteiger partial charge in [-0.15, -0.1) is 0 Å². The first kappa shape index (κ1) is 26.5. The SMILES string of the molecule is CCC(=O)N(C)C[C@@H]1Oc2cc(C#CCC3CCCC3)ccc2S(=O)(=O)N([C@H](C)CO)C[C@@H]1C. The van der Waals surface area contributed by atoms with Crippen LogP contribution in [0.2, 0.25) is 0 Å². The molecule has 1 saturated carbocycles. The zero-order valence-electron chi connectivity index (χ0n) is 20.8. The molecule has 1 heterocycles. The summed E-state index contributed by atoms with van der Waals surface area (Å²) in [7, 11) is -2.16. The quantitative estimate of drug-likeness (QED) is 0.619. The maximum atomic E-state index is 13.5. The zero-order chi connectivity index (χ0) is 24.9. The van der Waals surface area contributed by atoms with Crippen LogP contribution in [0.3, 0.4) is 0 Å². The van der Waals surface area contributed by atoms with Gasteiger partial charge in [-0.05, 0) is 43.9 Å². The van der Waals surface area contributed by atoms with Crippen molar-refractivity contribution >= 4 is 15.9 Å². The van der Waals surface area contributed by atoms with Gasteiger partial charge >= 0.3 is 0 Å². The van der Waals surface area contributed by atoms with E-state index in [0.717, 1.165) is 6.42 Å². The predicted octanol–water partition coefficient (Wildman–Crippen LogP) is 3.26. The van der Waals surface area contributed by atoms with E-state index in [9.17, 15) is 18.3 Å². The van der Waals surface area contributed by atoms with Crippen LogP contribution >= 0.6 is 0 Å². The van der Waals surface area contributed by atoms with E-state index in [2.05, 4.69) is 11.8 Å². The molecule has 0 radical (unpaired) electrons. The van der Waals surface area contributed by atoms with Crippen LogP contribution in [0, 0.1) is 23.7 Å². The number of ether oxygens (including phenoxy) is 1. The average Bonchev–Trinajstić information content (AvgIpc) is 3.33. The summed E-state index contributed by atoms with van der Waals surface area (Å²) in [6.07, 6.45) is 5.82. The summed E-state index contributed by atoms with van der Waals surface area (Å²) in [5, 5.41) is 9.75. The molecule has 7 nitrogen and oxygen atoms in total. The molecule has 1 amide bonds. The van der Waals surface area contributed by atoms with Crippen LogP contribution in [0.4, 0.5) is 0 Å². The fourth-order valence-electron chi connectivity index (χ4n) is 4.67. The lowest BCUT2D eigenvalue weighted by atomic mass is 10.0. The van der Waals surface area contributed by atoms with Crippen molar-refractivity contribution in [2.45, 2.75) is 76.3 Å². The molecule has 1 aromatic rings. The summed E-state index contributed by atoms with van der Waals surface area (Å²) in [6.45, 7) is 5.66. The van der Waals surface area contributed by atoms with E-state index in [-0.39, 0.29) is 35.6 Å². The fourth-order valence-corrected chi connectivity index (χ4v) is 6.50. The number of carbonyl (C=O) groups excluding carboxylic acids is 1. The van der Waals surface area contributed by atoms with Gasteiger partial charge in [-0.2, -0.15) is 4.31 Å². The van der Waals surface area contributed by atoms with Crippen LogP contribution in [0.5, 0.6) is 5.75 Å². The van der Waals surface area contributed by atoms with E-state index in [4.69, 9.17) is 4.74 Å². The molecule has 0 aromatic heterocycles. The molecule has 2 aliphatic rings. The molecule has 0 saturated heterocycles. The summed E-state index contributed by atoms with van der Waals surface area (Å²) in [6, 6.07) is 4.38. The van der Waals surface area contributed by atoms with Gasteiger partial charge in [0.15, 0.2) is 0 Å². The molecule has 0 spiro atoms. The van der Waals surface area contributed by atoms with Crippen molar-refractivity contribution in [3.8, 4) is 17.6 Å². The van der Waals surface area contributed by atoms with Crippen molar-refractivity contribution in [3.05, 3.63) is 23.8 Å². The third-order valence-electron chi connectivity index (χ3n) is 6.95. The minimum Gasteiger partial charge on any atom is -0.487 e. The largest absolute Gasteiger partial charge is 0.487 e. The molecule has 1 aliphatic carbocycles. The van der Waals surface area contributed by atoms with Gasteiger partial charge < -0.3 is 14.7 Å². The number of likely N-dealkylation sites (N-methyl/N-ethyl adjacent to an activating group) is 1. The molecular formula is C26H38N2O5S. The number of hydrogen-bond acceptors (Lipinski definition) is 5. The molecule has 3 atom stereocenters. The van der Waals surface area contributed by atoms with Crippen molar-refractivity contribution in [1.29, 1.82) is 0 Å². The van der Waals surface area contributed by atoms with Crippen molar-refractivity contribution < 1.29 is 23.1 Å². The Hall–Kier alpha value is -2.08. The number of rotatable bonds is 6. The topological polar surface area (TPSA) is 87.2 Å². The smallest absolute Gasteiger partial charge is 0.247 e. The molecule has 1 fully saturated rings. The number of benzene rings is 1. The van der Waals surface area contributed by atoms with Gasteiger partial charge in [0.05, 0.1) is 13.2 Å². The number of aliphatic hydroxyl groups is 1. The monoisotopic (exact) mass is 490 g/mol. The number of aliphatic hydroxyl groups excluding tert-OH is 1. The highest BCUT2D eigenvalue weighted by Gasteiger charge is 2.38. The van der Waals surface area contributed by atoms with Crippen molar-refractivity contribution in [3.63, 3.8) is 0 Å². The summed E-state index contributed by atoms with van der Waals surface area (Å²) in [5.74, 6) is 7.13. The number of amides is 1. The number of fused-ring (bicyclic) bond motifs is 1. The Morgan fingerprint density at radius 1 is 1.32 bits per heavy atom. The lowest BCUT2D eigenvalue weighted by molar-refractivity contribution is -0.131. The Kier molecular flexibility index (Phi) is 9.02. The molecular weight excluding hydrogens is 452 g/mol. The average molecular weight is 491 g/mol. The highest BCUT2D eigenvalue weighted by molar-refractivity contribution is 7.89. The van der Waals surface area contributed by atoms with Gasteiger partial charge in [0, 0.05) is 44.0 Å². The Morgan fingerprint density at radius 3 is 2.68 bits per heavy atom. The van der Waals surface area contributed by atoms with Crippen molar-refractivity contribution in [2.24, 2.45) is 11.8 Å². The minimum absolute atomic E-state index is 0.00202. The second kappa shape index (κ2) is 11.6. The molecule has 1 aromatic carbocycles. The van der Waals surface area contributed by atoms with E-state index in [1.807, 2.05) is 13.8 Å². The fraction of sp³-hybridized carbons (Fsp3) is 0.654. The third kappa shape index (κ3) is 6.12. The Bertz CT molecular complexity index is 1020. The first-order valence-corrected chi connectivity index (χ1v) is 13.8. The van der Waals surface area contributed by atoms with E-state index in [1.165, 1.54) is 30.0 Å². The summed E-state index contributed by atoms with van der Waals surface area (Å²) < 4.78 is 34.7. The Balaban J connectivity index is 1.97. The van der Waals surface area contributed by atoms with Gasteiger partial charge in [-0.1, -0.05) is 38.5 Å². The van der Waals surface area contributed by atoms with Crippen LogP contribution < -0.4 is 4.74 Å². The molecule has 188 valence electrons. The van der Waals surface area contributed by atoms with Crippen molar-refractivity contribution in [2.75, 3.05) is 26.7 Å². The van der Waals surface area contributed by atoms with Gasteiger partial charge in [-0.3, -0.25) is 4.79 Å². The van der Waals surface area contributed by atoms with Gasteiger partial charge in [0.1, 0.15) is 16.7 Å². The third-order valence-corrected chi connectivity index (χ3v) is 8.97. The lowest BCUT2D eigenvalue weighted by Crippen LogP contribution is -2.50. The number of nitrogens with zero attached hydrogens (tertiary/aromatic N) is 2. The standard InChI is InChI=1S/C26H38N2O5S/c1-5-26(30)27(4)17-24-19(2)16-28(20(3)18-29)34(31,32)25-14-13-22(15-23(25)33-24)12-8-11-21-9-6-7-10-21/h13-15,19-21,24,29H,5-7,9-11,16-18H2,1-4H3/t19-,20+,24-/m0/s1.